The second kappa shape index (κ2) is 6.62. The summed E-state index contributed by atoms with van der Waals surface area (Å²) in [6.45, 7) is 15.0. The third-order valence-corrected chi connectivity index (χ3v) is 9.44. The van der Waals surface area contributed by atoms with Crippen LogP contribution >= 0.6 is 7.26 Å². The van der Waals surface area contributed by atoms with Gasteiger partial charge in [0.1, 0.15) is 0 Å². The Morgan fingerprint density at radius 2 is 2.10 bits per heavy atom. The molecule has 1 N–H and O–H groups in total. The summed E-state index contributed by atoms with van der Waals surface area (Å²) in [4.78, 5) is 0. The van der Waals surface area contributed by atoms with Gasteiger partial charge in [0.15, 0.2) is 0 Å². The van der Waals surface area contributed by atoms with E-state index in [0.717, 1.165) is 12.1 Å². The van der Waals surface area contributed by atoms with E-state index in [9.17, 15) is 0 Å². The van der Waals surface area contributed by atoms with Gasteiger partial charge in [-0.25, -0.2) is 0 Å². The minimum atomic E-state index is -1.24. The Hall–Kier alpha value is -1.33. The predicted molar refractivity (Wildman–Crippen MR) is 98.8 cm³/mol. The SMILES string of the molecule is C=CC(=C)NC(C1=CC[PH]1(C)CC)c1ccccc1CC. The molecule has 0 radical (unpaired) electrons. The van der Waals surface area contributed by atoms with Crippen molar-refractivity contribution < 1.29 is 0 Å². The van der Waals surface area contributed by atoms with Crippen LogP contribution < -0.4 is 5.32 Å². The second-order valence-corrected chi connectivity index (χ2v) is 11.0. The van der Waals surface area contributed by atoms with E-state index >= 15 is 0 Å². The summed E-state index contributed by atoms with van der Waals surface area (Å²) in [6, 6.07) is 9.05. The van der Waals surface area contributed by atoms with Gasteiger partial charge in [-0.1, -0.05) is 0 Å². The first-order valence-electron chi connectivity index (χ1n) is 7.92. The van der Waals surface area contributed by atoms with Crippen LogP contribution in [0.4, 0.5) is 0 Å². The summed E-state index contributed by atoms with van der Waals surface area (Å²) in [6.07, 6.45) is 7.94. The van der Waals surface area contributed by atoms with E-state index in [0.29, 0.717) is 0 Å². The van der Waals surface area contributed by atoms with Gasteiger partial charge in [-0.05, 0) is 0 Å². The molecule has 1 unspecified atom stereocenters. The molecule has 0 aliphatic carbocycles. The first-order valence-corrected chi connectivity index (χ1v) is 10.8. The number of allylic oxidation sites excluding steroid dienone is 2. The fourth-order valence-corrected chi connectivity index (χ4v) is 5.85. The Morgan fingerprint density at radius 1 is 1.38 bits per heavy atom. The predicted octanol–water partition coefficient (Wildman–Crippen LogP) is 4.88. The van der Waals surface area contributed by atoms with Gasteiger partial charge >= 0.3 is 130 Å². The molecule has 0 aromatic heterocycles. The summed E-state index contributed by atoms with van der Waals surface area (Å²) in [5.41, 5.74) is 3.74. The van der Waals surface area contributed by atoms with Crippen molar-refractivity contribution in [1.82, 2.24) is 5.32 Å². The van der Waals surface area contributed by atoms with Gasteiger partial charge in [-0.3, -0.25) is 0 Å². The number of benzene rings is 1. The van der Waals surface area contributed by atoms with Crippen LogP contribution in [0.15, 0.2) is 60.6 Å². The summed E-state index contributed by atoms with van der Waals surface area (Å²) >= 11 is 0. The van der Waals surface area contributed by atoms with E-state index in [1.165, 1.54) is 23.5 Å². The number of rotatable bonds is 7. The van der Waals surface area contributed by atoms with Crippen LogP contribution in [0.25, 0.3) is 0 Å². The van der Waals surface area contributed by atoms with E-state index in [1.54, 1.807) is 5.31 Å². The molecule has 114 valence electrons. The van der Waals surface area contributed by atoms with Gasteiger partial charge in [0, 0.05) is 0 Å². The van der Waals surface area contributed by atoms with Gasteiger partial charge in [0.2, 0.25) is 0 Å². The molecule has 1 atom stereocenters. The maximum atomic E-state index is 4.07. The topological polar surface area (TPSA) is 12.0 Å². The fraction of sp³-hybridized carbons (Fsp3) is 0.368. The van der Waals surface area contributed by atoms with E-state index in [2.05, 4.69) is 69.3 Å². The van der Waals surface area contributed by atoms with Crippen LogP contribution in [0.2, 0.25) is 0 Å². The molecule has 1 aliphatic heterocycles. The molecule has 0 amide bonds. The molecule has 21 heavy (non-hydrogen) atoms. The van der Waals surface area contributed by atoms with Crippen molar-refractivity contribution in [3.8, 4) is 0 Å². The van der Waals surface area contributed by atoms with Crippen LogP contribution in [0, 0.1) is 0 Å². The molecule has 0 saturated carbocycles. The Morgan fingerprint density at radius 3 is 2.62 bits per heavy atom. The van der Waals surface area contributed by atoms with Crippen LogP contribution in [0.1, 0.15) is 31.0 Å². The maximum absolute atomic E-state index is 4.07. The number of aryl methyl sites for hydroxylation is 1. The molecule has 1 aromatic carbocycles. The molecule has 1 aliphatic rings. The molecule has 0 saturated heterocycles. The third-order valence-electron chi connectivity index (χ3n) is 4.88. The minimum absolute atomic E-state index is 0.275. The van der Waals surface area contributed by atoms with Gasteiger partial charge in [-0.2, -0.15) is 0 Å². The fourth-order valence-electron chi connectivity index (χ4n) is 3.09. The van der Waals surface area contributed by atoms with Crippen LogP contribution in [0.3, 0.4) is 0 Å². The zero-order chi connectivity index (χ0) is 15.5. The van der Waals surface area contributed by atoms with E-state index in [-0.39, 0.29) is 6.04 Å². The second-order valence-electron chi connectivity index (χ2n) is 6.14. The molecule has 1 heterocycles. The molecule has 2 rings (SSSR count). The van der Waals surface area contributed by atoms with Crippen molar-refractivity contribution in [2.24, 2.45) is 0 Å². The van der Waals surface area contributed by atoms with E-state index < -0.39 is 7.26 Å². The summed E-state index contributed by atoms with van der Waals surface area (Å²) in [5, 5.41) is 5.24. The molecule has 2 heteroatoms. The van der Waals surface area contributed by atoms with Crippen LogP contribution in [0.5, 0.6) is 0 Å². The molecule has 0 bridgehead atoms. The van der Waals surface area contributed by atoms with Gasteiger partial charge < -0.3 is 0 Å². The number of hydrogen-bond acceptors (Lipinski definition) is 1. The molecular weight excluding hydrogens is 273 g/mol. The molecule has 0 fully saturated rings. The first-order chi connectivity index (χ1) is 10.1. The van der Waals surface area contributed by atoms with Crippen molar-refractivity contribution in [2.75, 3.05) is 19.0 Å². The van der Waals surface area contributed by atoms with Crippen molar-refractivity contribution in [2.45, 2.75) is 26.3 Å². The van der Waals surface area contributed by atoms with Crippen molar-refractivity contribution >= 4 is 7.26 Å². The van der Waals surface area contributed by atoms with Gasteiger partial charge in [-0.15, -0.1) is 0 Å². The molecule has 1 aromatic rings. The quantitative estimate of drug-likeness (QED) is 0.559. The summed E-state index contributed by atoms with van der Waals surface area (Å²) < 4.78 is 0. The standard InChI is InChI=1S/C19H28NP/c1-6-15(4)20-19(18-13-14-21(18,5)8-3)17-12-10-9-11-16(17)7-2/h6,9-13,19-21H,1,4,7-8,14H2,2-3,5H3. The average molecular weight is 301 g/mol. The third kappa shape index (κ3) is 3.14. The first kappa shape index (κ1) is 16.0. The van der Waals surface area contributed by atoms with Gasteiger partial charge in [0.05, 0.1) is 0 Å². The van der Waals surface area contributed by atoms with E-state index in [1.807, 2.05) is 6.08 Å². The average Bonchev–Trinajstić information content (AvgIpc) is 2.52. The Balaban J connectivity index is 2.42. The monoisotopic (exact) mass is 301 g/mol. The van der Waals surface area contributed by atoms with Crippen molar-refractivity contribution in [1.29, 1.82) is 0 Å². The Kier molecular flexibility index (Phi) is 5.06. The number of nitrogens with one attached hydrogen (secondary N) is 1. The summed E-state index contributed by atoms with van der Waals surface area (Å²) in [7, 11) is -1.24. The van der Waals surface area contributed by atoms with Crippen LogP contribution in [-0.4, -0.2) is 19.0 Å². The zero-order valence-electron chi connectivity index (χ0n) is 13.6. The normalized spacial score (nSPS) is 18.9. The van der Waals surface area contributed by atoms with Crippen molar-refractivity contribution in [3.63, 3.8) is 0 Å². The van der Waals surface area contributed by atoms with Gasteiger partial charge in [0.25, 0.3) is 0 Å². The molecule has 0 spiro atoms. The summed E-state index contributed by atoms with van der Waals surface area (Å²) in [5.74, 6) is 0. The van der Waals surface area contributed by atoms with E-state index in [4.69, 9.17) is 0 Å². The Labute approximate surface area is 130 Å². The molecule has 1 nitrogen and oxygen atoms in total. The van der Waals surface area contributed by atoms with Crippen molar-refractivity contribution in [3.05, 3.63) is 71.7 Å². The Bertz CT molecular complexity index is 573. The number of hydrogen-bond donors (Lipinski definition) is 1. The zero-order valence-corrected chi connectivity index (χ0v) is 14.6. The molecular formula is C19H28NP. The van der Waals surface area contributed by atoms with Crippen LogP contribution in [-0.2, 0) is 6.42 Å².